The van der Waals surface area contributed by atoms with Gasteiger partial charge in [0.25, 0.3) is 0 Å². The molecule has 7 heteroatoms. The average Bonchev–Trinajstić information content (AvgIpc) is 2.72. The van der Waals surface area contributed by atoms with Gasteiger partial charge < -0.3 is 25.0 Å². The first-order valence-electron chi connectivity index (χ1n) is 10.4. The topological polar surface area (TPSA) is 68.3 Å². The number of phenolic OH excluding ortho intramolecular Hbond substituents is 1. The van der Waals surface area contributed by atoms with Crippen molar-refractivity contribution in [3.8, 4) is 5.75 Å². The van der Waals surface area contributed by atoms with Gasteiger partial charge in [0.2, 0.25) is 0 Å². The Morgan fingerprint density at radius 1 is 1.11 bits per heavy atom. The molecule has 156 valence electrons. The molecule has 2 aliphatic heterocycles. The van der Waals surface area contributed by atoms with Gasteiger partial charge >= 0.3 is 6.03 Å². The molecule has 2 aliphatic rings. The number of nitrogens with one attached hydrogen (secondary N) is 1. The molecule has 3 rings (SSSR count). The third-order valence-electron chi connectivity index (χ3n) is 5.58. The number of urea groups is 1. The lowest BCUT2D eigenvalue weighted by Crippen LogP contribution is -2.55. The van der Waals surface area contributed by atoms with E-state index in [2.05, 4.69) is 29.0 Å². The summed E-state index contributed by atoms with van der Waals surface area (Å²) in [4.78, 5) is 19.1. The molecule has 2 fully saturated rings. The summed E-state index contributed by atoms with van der Waals surface area (Å²) in [6, 6.07) is 7.74. The SMILES string of the molecule is CC(C)CC(CNC(=O)N1CCN(c2ccccc2O)CC1)N1CCOCC1. The molecule has 2 amide bonds. The Morgan fingerprint density at radius 2 is 1.79 bits per heavy atom. The summed E-state index contributed by atoms with van der Waals surface area (Å²) in [6.07, 6.45) is 1.07. The van der Waals surface area contributed by atoms with Crippen molar-refractivity contribution in [2.24, 2.45) is 5.92 Å². The number of hydrogen-bond donors (Lipinski definition) is 2. The van der Waals surface area contributed by atoms with Gasteiger partial charge in [-0.3, -0.25) is 4.90 Å². The number of ether oxygens (including phenoxy) is 1. The first-order chi connectivity index (χ1) is 13.5. The minimum absolute atomic E-state index is 0.0129. The zero-order valence-electron chi connectivity index (χ0n) is 17.1. The van der Waals surface area contributed by atoms with E-state index in [0.29, 0.717) is 37.3 Å². The van der Waals surface area contributed by atoms with Crippen LogP contribution < -0.4 is 10.2 Å². The second-order valence-corrected chi connectivity index (χ2v) is 8.08. The van der Waals surface area contributed by atoms with Gasteiger partial charge in [0.15, 0.2) is 0 Å². The summed E-state index contributed by atoms with van der Waals surface area (Å²) in [5, 5.41) is 13.2. The maximum atomic E-state index is 12.7. The molecule has 0 radical (unpaired) electrons. The highest BCUT2D eigenvalue weighted by Gasteiger charge is 2.25. The Morgan fingerprint density at radius 3 is 2.43 bits per heavy atom. The molecule has 0 aliphatic carbocycles. The minimum Gasteiger partial charge on any atom is -0.506 e. The van der Waals surface area contributed by atoms with Gasteiger partial charge in [-0.25, -0.2) is 4.79 Å². The van der Waals surface area contributed by atoms with Crippen molar-refractivity contribution in [3.05, 3.63) is 24.3 Å². The zero-order chi connectivity index (χ0) is 19.9. The number of benzene rings is 1. The van der Waals surface area contributed by atoms with E-state index in [9.17, 15) is 9.90 Å². The summed E-state index contributed by atoms with van der Waals surface area (Å²) >= 11 is 0. The summed E-state index contributed by atoms with van der Waals surface area (Å²) in [5.41, 5.74) is 0.840. The van der Waals surface area contributed by atoms with Crippen molar-refractivity contribution in [1.29, 1.82) is 0 Å². The van der Waals surface area contributed by atoms with Gasteiger partial charge in [-0.05, 0) is 24.5 Å². The van der Waals surface area contributed by atoms with Gasteiger partial charge in [-0.2, -0.15) is 0 Å². The molecule has 28 heavy (non-hydrogen) atoms. The van der Waals surface area contributed by atoms with E-state index >= 15 is 0 Å². The monoisotopic (exact) mass is 390 g/mol. The highest BCUT2D eigenvalue weighted by atomic mass is 16.5. The number of para-hydroxylation sites is 2. The fourth-order valence-corrected chi connectivity index (χ4v) is 4.05. The molecule has 0 aromatic heterocycles. The number of nitrogens with zero attached hydrogens (tertiary/aromatic N) is 3. The van der Waals surface area contributed by atoms with Gasteiger partial charge in [0.1, 0.15) is 5.75 Å². The standard InChI is InChI=1S/C21H34N4O3/c1-17(2)15-18(23-11-13-28-14-12-23)16-22-21(27)25-9-7-24(8-10-25)19-5-3-4-6-20(19)26/h3-6,17-18,26H,7-16H2,1-2H3,(H,22,27). The second-order valence-electron chi connectivity index (χ2n) is 8.08. The molecule has 2 heterocycles. The van der Waals surface area contributed by atoms with Crippen LogP contribution in [0.5, 0.6) is 5.75 Å². The van der Waals surface area contributed by atoms with Crippen LogP contribution in [0.15, 0.2) is 24.3 Å². The molecular weight excluding hydrogens is 356 g/mol. The Kier molecular flexibility index (Phi) is 7.39. The summed E-state index contributed by atoms with van der Waals surface area (Å²) in [5.74, 6) is 0.884. The number of rotatable bonds is 6. The lowest BCUT2D eigenvalue weighted by atomic mass is 10.0. The van der Waals surface area contributed by atoms with Crippen molar-refractivity contribution >= 4 is 11.7 Å². The molecule has 1 aromatic rings. The Bertz CT molecular complexity index is 626. The summed E-state index contributed by atoms with van der Waals surface area (Å²) < 4.78 is 5.47. The lowest BCUT2D eigenvalue weighted by molar-refractivity contribution is 0.0127. The third kappa shape index (κ3) is 5.52. The summed E-state index contributed by atoms with van der Waals surface area (Å²) in [7, 11) is 0. The van der Waals surface area contributed by atoms with Gasteiger partial charge in [0, 0.05) is 51.9 Å². The number of aromatic hydroxyl groups is 1. The normalized spacial score (nSPS) is 19.7. The van der Waals surface area contributed by atoms with Crippen LogP contribution in [0.25, 0.3) is 0 Å². The van der Waals surface area contributed by atoms with Crippen molar-refractivity contribution < 1.29 is 14.6 Å². The van der Waals surface area contributed by atoms with Crippen LogP contribution in [-0.2, 0) is 4.74 Å². The van der Waals surface area contributed by atoms with E-state index < -0.39 is 0 Å². The van der Waals surface area contributed by atoms with Crippen LogP contribution in [0.3, 0.4) is 0 Å². The Hall–Kier alpha value is -1.99. The number of amides is 2. The minimum atomic E-state index is 0.0129. The van der Waals surface area contributed by atoms with Crippen LogP contribution in [0, 0.1) is 5.92 Å². The first-order valence-corrected chi connectivity index (χ1v) is 10.4. The maximum absolute atomic E-state index is 12.7. The van der Waals surface area contributed by atoms with E-state index in [1.54, 1.807) is 6.07 Å². The molecule has 1 aromatic carbocycles. The number of phenols is 1. The number of carbonyl (C=O) groups is 1. The Balaban J connectivity index is 1.48. The van der Waals surface area contributed by atoms with Crippen molar-refractivity contribution in [2.75, 3.05) is 63.9 Å². The zero-order valence-corrected chi connectivity index (χ0v) is 17.1. The molecule has 1 unspecified atom stereocenters. The van der Waals surface area contributed by atoms with Crippen molar-refractivity contribution in [3.63, 3.8) is 0 Å². The average molecular weight is 391 g/mol. The van der Waals surface area contributed by atoms with Crippen LogP contribution >= 0.6 is 0 Å². The van der Waals surface area contributed by atoms with E-state index in [1.807, 2.05) is 23.1 Å². The molecule has 0 bridgehead atoms. The predicted octanol–water partition coefficient (Wildman–Crippen LogP) is 1.97. The van der Waals surface area contributed by atoms with Crippen LogP contribution in [0.1, 0.15) is 20.3 Å². The van der Waals surface area contributed by atoms with Crippen LogP contribution in [0.2, 0.25) is 0 Å². The van der Waals surface area contributed by atoms with E-state index in [4.69, 9.17) is 4.74 Å². The number of hydrogen-bond acceptors (Lipinski definition) is 5. The first kappa shape index (κ1) is 20.7. The van der Waals surface area contributed by atoms with Crippen LogP contribution in [0.4, 0.5) is 10.5 Å². The lowest BCUT2D eigenvalue weighted by Gasteiger charge is -2.38. The summed E-state index contributed by atoms with van der Waals surface area (Å²) in [6.45, 7) is 11.3. The second kappa shape index (κ2) is 9.98. The molecule has 7 nitrogen and oxygen atoms in total. The molecule has 2 saturated heterocycles. The van der Waals surface area contributed by atoms with Crippen molar-refractivity contribution in [1.82, 2.24) is 15.1 Å². The fourth-order valence-electron chi connectivity index (χ4n) is 4.05. The van der Waals surface area contributed by atoms with E-state index in [1.165, 1.54) is 0 Å². The fraction of sp³-hybridized carbons (Fsp3) is 0.667. The maximum Gasteiger partial charge on any atom is 0.317 e. The smallest absolute Gasteiger partial charge is 0.317 e. The van der Waals surface area contributed by atoms with Gasteiger partial charge in [-0.15, -0.1) is 0 Å². The molecule has 0 saturated carbocycles. The molecule has 0 spiro atoms. The predicted molar refractivity (Wildman–Crippen MR) is 111 cm³/mol. The molecular formula is C21H34N4O3. The largest absolute Gasteiger partial charge is 0.506 e. The highest BCUT2D eigenvalue weighted by Crippen LogP contribution is 2.27. The quantitative estimate of drug-likeness (QED) is 0.777. The number of anilines is 1. The number of morpholine rings is 1. The third-order valence-corrected chi connectivity index (χ3v) is 5.58. The van der Waals surface area contributed by atoms with Gasteiger partial charge in [0.05, 0.1) is 18.9 Å². The van der Waals surface area contributed by atoms with Crippen molar-refractivity contribution in [2.45, 2.75) is 26.3 Å². The molecule has 2 N–H and O–H groups in total. The van der Waals surface area contributed by atoms with Gasteiger partial charge in [-0.1, -0.05) is 26.0 Å². The number of carbonyl (C=O) groups excluding carboxylic acids is 1. The van der Waals surface area contributed by atoms with Crippen LogP contribution in [-0.4, -0.2) is 86.0 Å². The van der Waals surface area contributed by atoms with E-state index in [-0.39, 0.29) is 6.03 Å². The molecule has 1 atom stereocenters. The van der Waals surface area contributed by atoms with E-state index in [0.717, 1.165) is 51.5 Å². The number of piperazine rings is 1. The highest BCUT2D eigenvalue weighted by molar-refractivity contribution is 5.74. The Labute approximate surface area is 168 Å².